The summed E-state index contributed by atoms with van der Waals surface area (Å²) < 4.78 is 1.97. The molecule has 1 aromatic rings. The van der Waals surface area contributed by atoms with Gasteiger partial charge < -0.3 is 5.32 Å². The molecule has 88 valence electrons. The number of aromatic nitrogens is 2. The van der Waals surface area contributed by atoms with E-state index in [9.17, 15) is 0 Å². The van der Waals surface area contributed by atoms with Crippen molar-refractivity contribution in [1.82, 2.24) is 15.1 Å². The van der Waals surface area contributed by atoms with Crippen molar-refractivity contribution in [1.29, 1.82) is 5.26 Å². The van der Waals surface area contributed by atoms with Crippen LogP contribution < -0.4 is 5.32 Å². The zero-order chi connectivity index (χ0) is 12.0. The van der Waals surface area contributed by atoms with E-state index in [1.807, 2.05) is 17.8 Å². The Morgan fingerprint density at radius 1 is 1.50 bits per heavy atom. The van der Waals surface area contributed by atoms with Gasteiger partial charge in [0.1, 0.15) is 0 Å². The highest BCUT2D eigenvalue weighted by Gasteiger charge is 2.03. The Balaban J connectivity index is 2.38. The zero-order valence-electron chi connectivity index (χ0n) is 10.3. The molecule has 1 heterocycles. The molecule has 1 aromatic heterocycles. The largest absolute Gasteiger partial charge is 0.309 e. The first kappa shape index (κ1) is 12.7. The summed E-state index contributed by atoms with van der Waals surface area (Å²) >= 11 is 0. The minimum absolute atomic E-state index is 0.235. The van der Waals surface area contributed by atoms with E-state index in [1.165, 1.54) is 5.56 Å². The van der Waals surface area contributed by atoms with Crippen LogP contribution in [-0.2, 0) is 13.1 Å². The molecular weight excluding hydrogens is 200 g/mol. The minimum atomic E-state index is 0.235. The van der Waals surface area contributed by atoms with Crippen molar-refractivity contribution < 1.29 is 0 Å². The van der Waals surface area contributed by atoms with E-state index in [-0.39, 0.29) is 6.04 Å². The Bertz CT molecular complexity index is 348. The predicted octanol–water partition coefficient (Wildman–Crippen LogP) is 1.93. The molecule has 0 aliphatic rings. The third-order valence-electron chi connectivity index (χ3n) is 2.29. The van der Waals surface area contributed by atoms with E-state index in [0.717, 1.165) is 13.1 Å². The molecule has 1 N–H and O–H groups in total. The molecule has 0 radical (unpaired) electrons. The lowest BCUT2D eigenvalue weighted by Gasteiger charge is -2.08. The monoisotopic (exact) mass is 220 g/mol. The summed E-state index contributed by atoms with van der Waals surface area (Å²) in [6.45, 7) is 8.10. The second-order valence-electron chi connectivity index (χ2n) is 4.61. The van der Waals surface area contributed by atoms with E-state index < -0.39 is 0 Å². The smallest absolute Gasteiger partial charge is 0.0638 e. The van der Waals surface area contributed by atoms with Crippen LogP contribution in [-0.4, -0.2) is 15.8 Å². The molecule has 0 spiro atoms. The lowest BCUT2D eigenvalue weighted by Crippen LogP contribution is -2.24. The van der Waals surface area contributed by atoms with Crippen molar-refractivity contribution in [2.24, 2.45) is 5.92 Å². The highest BCUT2D eigenvalue weighted by Crippen LogP contribution is 2.02. The summed E-state index contributed by atoms with van der Waals surface area (Å²) in [5.74, 6) is 0.609. The lowest BCUT2D eigenvalue weighted by atomic mass is 10.2. The van der Waals surface area contributed by atoms with E-state index >= 15 is 0 Å². The molecule has 16 heavy (non-hydrogen) atoms. The van der Waals surface area contributed by atoms with Crippen molar-refractivity contribution in [3.8, 4) is 6.07 Å². The van der Waals surface area contributed by atoms with E-state index in [1.54, 1.807) is 0 Å². The van der Waals surface area contributed by atoms with Crippen LogP contribution in [0.3, 0.4) is 0 Å². The van der Waals surface area contributed by atoms with Gasteiger partial charge in [0.05, 0.1) is 18.7 Å². The third kappa shape index (κ3) is 4.45. The minimum Gasteiger partial charge on any atom is -0.309 e. The summed E-state index contributed by atoms with van der Waals surface area (Å²) in [6, 6.07) is 2.39. The van der Waals surface area contributed by atoms with Crippen LogP contribution in [0, 0.1) is 17.2 Å². The van der Waals surface area contributed by atoms with Crippen LogP contribution in [0.2, 0.25) is 0 Å². The SMILES string of the molecule is CC(C)Cn1cc(CNC(C)CC#N)cn1. The summed E-state index contributed by atoms with van der Waals surface area (Å²) in [6.07, 6.45) is 4.49. The van der Waals surface area contributed by atoms with Crippen LogP contribution >= 0.6 is 0 Å². The number of nitriles is 1. The fourth-order valence-electron chi connectivity index (χ4n) is 1.47. The average molecular weight is 220 g/mol. The van der Waals surface area contributed by atoms with E-state index in [4.69, 9.17) is 5.26 Å². The molecule has 0 bridgehead atoms. The van der Waals surface area contributed by atoms with Crippen LogP contribution in [0.25, 0.3) is 0 Å². The normalized spacial score (nSPS) is 12.7. The van der Waals surface area contributed by atoms with Gasteiger partial charge in [0.2, 0.25) is 0 Å². The summed E-state index contributed by atoms with van der Waals surface area (Å²) in [4.78, 5) is 0. The molecule has 1 atom stereocenters. The topological polar surface area (TPSA) is 53.6 Å². The van der Waals surface area contributed by atoms with Crippen LogP contribution in [0.1, 0.15) is 32.8 Å². The van der Waals surface area contributed by atoms with Crippen molar-refractivity contribution >= 4 is 0 Å². The summed E-state index contributed by atoms with van der Waals surface area (Å²) in [7, 11) is 0. The van der Waals surface area contributed by atoms with Crippen molar-refractivity contribution in [3.05, 3.63) is 18.0 Å². The first-order chi connectivity index (χ1) is 7.61. The Morgan fingerprint density at radius 2 is 2.25 bits per heavy atom. The van der Waals surface area contributed by atoms with Crippen LogP contribution in [0.4, 0.5) is 0 Å². The van der Waals surface area contributed by atoms with Gasteiger partial charge in [0.25, 0.3) is 0 Å². The van der Waals surface area contributed by atoms with E-state index in [2.05, 4.69) is 36.5 Å². The first-order valence-corrected chi connectivity index (χ1v) is 5.73. The zero-order valence-corrected chi connectivity index (χ0v) is 10.3. The number of hydrogen-bond donors (Lipinski definition) is 1. The van der Waals surface area contributed by atoms with Crippen molar-refractivity contribution in [3.63, 3.8) is 0 Å². The number of rotatable bonds is 6. The number of nitrogens with one attached hydrogen (secondary N) is 1. The highest BCUT2D eigenvalue weighted by molar-refractivity contribution is 5.03. The van der Waals surface area contributed by atoms with Gasteiger partial charge in [-0.05, 0) is 12.8 Å². The molecule has 1 unspecified atom stereocenters. The van der Waals surface area contributed by atoms with Gasteiger partial charge in [0, 0.05) is 30.9 Å². The molecule has 0 aromatic carbocycles. The Labute approximate surface area is 97.3 Å². The molecule has 0 saturated carbocycles. The lowest BCUT2D eigenvalue weighted by molar-refractivity contribution is 0.482. The fraction of sp³-hybridized carbons (Fsp3) is 0.667. The molecule has 0 fully saturated rings. The van der Waals surface area contributed by atoms with Gasteiger partial charge in [-0.15, -0.1) is 0 Å². The van der Waals surface area contributed by atoms with Gasteiger partial charge in [-0.1, -0.05) is 13.8 Å². The maximum absolute atomic E-state index is 8.53. The van der Waals surface area contributed by atoms with Gasteiger partial charge in [-0.3, -0.25) is 4.68 Å². The fourth-order valence-corrected chi connectivity index (χ4v) is 1.47. The molecule has 4 nitrogen and oxygen atoms in total. The Hall–Kier alpha value is -1.34. The second-order valence-corrected chi connectivity index (χ2v) is 4.61. The first-order valence-electron chi connectivity index (χ1n) is 5.73. The highest BCUT2D eigenvalue weighted by atomic mass is 15.3. The summed E-state index contributed by atoms with van der Waals surface area (Å²) in [5.41, 5.74) is 1.17. The van der Waals surface area contributed by atoms with Crippen molar-refractivity contribution in [2.45, 2.75) is 46.3 Å². The second kappa shape index (κ2) is 6.29. The number of hydrogen-bond acceptors (Lipinski definition) is 3. The quantitative estimate of drug-likeness (QED) is 0.797. The van der Waals surface area contributed by atoms with Crippen molar-refractivity contribution in [2.75, 3.05) is 0 Å². The molecule has 0 amide bonds. The van der Waals surface area contributed by atoms with E-state index in [0.29, 0.717) is 12.3 Å². The number of nitrogens with zero attached hydrogens (tertiary/aromatic N) is 3. The third-order valence-corrected chi connectivity index (χ3v) is 2.29. The van der Waals surface area contributed by atoms with Crippen LogP contribution in [0.5, 0.6) is 0 Å². The van der Waals surface area contributed by atoms with Gasteiger partial charge >= 0.3 is 0 Å². The predicted molar refractivity (Wildman–Crippen MR) is 63.6 cm³/mol. The Kier molecular flexibility index (Phi) is 5.00. The Morgan fingerprint density at radius 3 is 2.88 bits per heavy atom. The molecular formula is C12H20N4. The molecule has 0 aliphatic heterocycles. The van der Waals surface area contributed by atoms with Gasteiger partial charge in [0.15, 0.2) is 0 Å². The van der Waals surface area contributed by atoms with Gasteiger partial charge in [-0.2, -0.15) is 10.4 Å². The molecule has 0 aliphatic carbocycles. The maximum atomic E-state index is 8.53. The standard InChI is InChI=1S/C12H20N4/c1-10(2)8-16-9-12(7-15-16)6-14-11(3)4-5-13/h7,9-11,14H,4,6,8H2,1-3H3. The summed E-state index contributed by atoms with van der Waals surface area (Å²) in [5, 5.41) is 16.1. The average Bonchev–Trinajstić information content (AvgIpc) is 2.62. The molecule has 0 saturated heterocycles. The van der Waals surface area contributed by atoms with Gasteiger partial charge in [-0.25, -0.2) is 0 Å². The van der Waals surface area contributed by atoms with Crippen LogP contribution in [0.15, 0.2) is 12.4 Å². The molecule has 4 heteroatoms. The maximum Gasteiger partial charge on any atom is 0.0638 e. The molecule has 1 rings (SSSR count).